The highest BCUT2D eigenvalue weighted by atomic mass is 19.2. The lowest BCUT2D eigenvalue weighted by Crippen LogP contribution is -2.29. The molecule has 0 spiro atoms. The summed E-state index contributed by atoms with van der Waals surface area (Å²) in [5.41, 5.74) is 0.491. The zero-order valence-corrected chi connectivity index (χ0v) is 12.4. The lowest BCUT2D eigenvalue weighted by Gasteiger charge is -2.07. The maximum absolute atomic E-state index is 13.0. The number of hydrogen-bond donors (Lipinski definition) is 2. The lowest BCUT2D eigenvalue weighted by molar-refractivity contribution is -0.133. The number of halogens is 2. The van der Waals surface area contributed by atoms with Crippen molar-refractivity contribution in [1.29, 1.82) is 0 Å². The molecule has 2 amide bonds. The van der Waals surface area contributed by atoms with Gasteiger partial charge in [0.1, 0.15) is 0 Å². The number of benzene rings is 2. The van der Waals surface area contributed by atoms with Crippen LogP contribution in [0.5, 0.6) is 0 Å². The normalized spacial score (nSPS) is 9.96. The fraction of sp³-hybridized carbons (Fsp3) is 0.0625. The van der Waals surface area contributed by atoms with Crippen LogP contribution in [0.3, 0.4) is 0 Å². The summed E-state index contributed by atoms with van der Waals surface area (Å²) in [6.07, 6.45) is 0. The van der Waals surface area contributed by atoms with Crippen molar-refractivity contribution in [1.82, 2.24) is 0 Å². The Morgan fingerprint density at radius 3 is 1.92 bits per heavy atom. The molecule has 0 aliphatic heterocycles. The van der Waals surface area contributed by atoms with Gasteiger partial charge in [-0.05, 0) is 36.4 Å². The average Bonchev–Trinajstić information content (AvgIpc) is 2.58. The lowest BCUT2D eigenvalue weighted by atomic mass is 10.2. The third-order valence-electron chi connectivity index (χ3n) is 2.95. The zero-order valence-electron chi connectivity index (χ0n) is 12.4. The summed E-state index contributed by atoms with van der Waals surface area (Å²) in [7, 11) is 1.24. The van der Waals surface area contributed by atoms with Gasteiger partial charge in [0.2, 0.25) is 0 Å². The third-order valence-corrected chi connectivity index (χ3v) is 2.95. The van der Waals surface area contributed by atoms with Gasteiger partial charge >= 0.3 is 17.8 Å². The molecule has 2 aromatic rings. The van der Waals surface area contributed by atoms with E-state index in [1.807, 2.05) is 0 Å². The Hall–Kier alpha value is -3.29. The molecule has 0 aliphatic rings. The highest BCUT2D eigenvalue weighted by Crippen LogP contribution is 2.14. The maximum atomic E-state index is 13.0. The molecule has 0 saturated heterocycles. The Balaban J connectivity index is 1.99. The number of amides is 2. The van der Waals surface area contributed by atoms with Gasteiger partial charge in [0.05, 0.1) is 12.7 Å². The molecule has 0 heterocycles. The van der Waals surface area contributed by atoms with Gasteiger partial charge in [-0.2, -0.15) is 0 Å². The summed E-state index contributed by atoms with van der Waals surface area (Å²) in [6.45, 7) is 0. The van der Waals surface area contributed by atoms with Crippen molar-refractivity contribution in [3.05, 3.63) is 59.7 Å². The minimum absolute atomic E-state index is 0.0601. The molecular formula is C16H12F2N2O4. The highest BCUT2D eigenvalue weighted by molar-refractivity contribution is 6.43. The van der Waals surface area contributed by atoms with E-state index in [1.54, 1.807) is 0 Å². The molecule has 6 nitrogen and oxygen atoms in total. The quantitative estimate of drug-likeness (QED) is 0.666. The summed E-state index contributed by atoms with van der Waals surface area (Å²) in [6, 6.07) is 8.35. The molecule has 0 unspecified atom stereocenters. The van der Waals surface area contributed by atoms with E-state index >= 15 is 0 Å². The first kappa shape index (κ1) is 17.1. The summed E-state index contributed by atoms with van der Waals surface area (Å²) in [4.78, 5) is 34.8. The van der Waals surface area contributed by atoms with Gasteiger partial charge in [-0.3, -0.25) is 9.59 Å². The second-order valence-corrected chi connectivity index (χ2v) is 4.61. The van der Waals surface area contributed by atoms with E-state index in [9.17, 15) is 23.2 Å². The van der Waals surface area contributed by atoms with Crippen molar-refractivity contribution in [2.75, 3.05) is 17.7 Å². The van der Waals surface area contributed by atoms with Crippen molar-refractivity contribution in [2.24, 2.45) is 0 Å². The first-order valence-corrected chi connectivity index (χ1v) is 6.66. The Labute approximate surface area is 135 Å². The molecule has 0 atom stereocenters. The second kappa shape index (κ2) is 7.32. The molecule has 2 aromatic carbocycles. The fourth-order valence-corrected chi connectivity index (χ4v) is 1.76. The van der Waals surface area contributed by atoms with Crippen LogP contribution in [0.2, 0.25) is 0 Å². The fourth-order valence-electron chi connectivity index (χ4n) is 1.76. The van der Waals surface area contributed by atoms with E-state index in [0.717, 1.165) is 18.2 Å². The summed E-state index contributed by atoms with van der Waals surface area (Å²) >= 11 is 0. The highest BCUT2D eigenvalue weighted by Gasteiger charge is 2.15. The number of anilines is 2. The molecule has 0 saturated carbocycles. The van der Waals surface area contributed by atoms with Gasteiger partial charge in [0.15, 0.2) is 11.6 Å². The zero-order chi connectivity index (χ0) is 17.7. The molecule has 2 rings (SSSR count). The number of carbonyl (C=O) groups is 3. The predicted octanol–water partition coefficient (Wildman–Crippen LogP) is 2.33. The first-order chi connectivity index (χ1) is 11.4. The molecular weight excluding hydrogens is 322 g/mol. The third kappa shape index (κ3) is 4.13. The molecule has 24 heavy (non-hydrogen) atoms. The predicted molar refractivity (Wildman–Crippen MR) is 81.4 cm³/mol. The minimum atomic E-state index is -1.15. The summed E-state index contributed by atoms with van der Waals surface area (Å²) in [5.74, 6) is -4.82. The van der Waals surface area contributed by atoms with Gasteiger partial charge < -0.3 is 15.4 Å². The average molecular weight is 334 g/mol. The van der Waals surface area contributed by atoms with Crippen molar-refractivity contribution in [3.63, 3.8) is 0 Å². The number of hydrogen-bond acceptors (Lipinski definition) is 4. The van der Waals surface area contributed by atoms with E-state index in [4.69, 9.17) is 0 Å². The van der Waals surface area contributed by atoms with Crippen LogP contribution in [0.1, 0.15) is 10.4 Å². The number of methoxy groups -OCH3 is 1. The van der Waals surface area contributed by atoms with Crippen molar-refractivity contribution in [3.8, 4) is 0 Å². The molecule has 2 N–H and O–H groups in total. The van der Waals surface area contributed by atoms with Gasteiger partial charge in [-0.25, -0.2) is 13.6 Å². The monoisotopic (exact) mass is 334 g/mol. The van der Waals surface area contributed by atoms with E-state index in [1.165, 1.54) is 31.4 Å². The van der Waals surface area contributed by atoms with Crippen molar-refractivity contribution < 1.29 is 27.9 Å². The van der Waals surface area contributed by atoms with Crippen LogP contribution in [0.4, 0.5) is 20.2 Å². The molecule has 0 bridgehead atoms. The Morgan fingerprint density at radius 2 is 1.38 bits per heavy atom. The molecule has 8 heteroatoms. The first-order valence-electron chi connectivity index (χ1n) is 6.66. The Bertz CT molecular complexity index is 791. The number of ether oxygens (including phenoxy) is 1. The van der Waals surface area contributed by atoms with Crippen LogP contribution in [-0.4, -0.2) is 24.9 Å². The number of nitrogens with one attached hydrogen (secondary N) is 2. The van der Waals surface area contributed by atoms with Crippen molar-refractivity contribution >= 4 is 29.2 Å². The van der Waals surface area contributed by atoms with E-state index in [-0.39, 0.29) is 16.9 Å². The molecule has 0 radical (unpaired) electrons. The number of carbonyl (C=O) groups excluding carboxylic acids is 3. The molecule has 124 valence electrons. The van der Waals surface area contributed by atoms with Gasteiger partial charge in [-0.15, -0.1) is 0 Å². The van der Waals surface area contributed by atoms with Gasteiger partial charge in [-0.1, -0.05) is 0 Å². The summed E-state index contributed by atoms with van der Waals surface area (Å²) < 4.78 is 30.4. The summed E-state index contributed by atoms with van der Waals surface area (Å²) in [5, 5.41) is 4.44. The maximum Gasteiger partial charge on any atom is 0.337 e. The van der Waals surface area contributed by atoms with E-state index in [0.29, 0.717) is 0 Å². The van der Waals surface area contributed by atoms with E-state index in [2.05, 4.69) is 15.4 Å². The topological polar surface area (TPSA) is 84.5 Å². The van der Waals surface area contributed by atoms with E-state index < -0.39 is 29.4 Å². The SMILES string of the molecule is COC(=O)c1ccc(NC(=O)C(=O)Nc2ccc(F)c(F)c2)cc1. The smallest absolute Gasteiger partial charge is 0.337 e. The van der Waals surface area contributed by atoms with Crippen LogP contribution in [0.15, 0.2) is 42.5 Å². The van der Waals surface area contributed by atoms with Gasteiger partial charge in [0.25, 0.3) is 0 Å². The van der Waals surface area contributed by atoms with Crippen LogP contribution >= 0.6 is 0 Å². The molecule has 0 fully saturated rings. The van der Waals surface area contributed by atoms with Gasteiger partial charge in [0, 0.05) is 17.4 Å². The van der Waals surface area contributed by atoms with Crippen LogP contribution < -0.4 is 10.6 Å². The van der Waals surface area contributed by atoms with Crippen molar-refractivity contribution in [2.45, 2.75) is 0 Å². The standard InChI is InChI=1S/C16H12F2N2O4/c1-24-16(23)9-2-4-10(5-3-9)19-14(21)15(22)20-11-6-7-12(17)13(18)8-11/h2-8H,1H3,(H,19,21)(H,20,22). The number of esters is 1. The Kier molecular flexibility index (Phi) is 5.20. The van der Waals surface area contributed by atoms with Crippen LogP contribution in [0.25, 0.3) is 0 Å². The van der Waals surface area contributed by atoms with Crippen LogP contribution in [0, 0.1) is 11.6 Å². The van der Waals surface area contributed by atoms with Crippen LogP contribution in [-0.2, 0) is 14.3 Å². The Morgan fingerprint density at radius 1 is 0.833 bits per heavy atom. The number of rotatable bonds is 3. The molecule has 0 aromatic heterocycles. The minimum Gasteiger partial charge on any atom is -0.465 e. The largest absolute Gasteiger partial charge is 0.465 e. The molecule has 0 aliphatic carbocycles. The second-order valence-electron chi connectivity index (χ2n) is 4.61.